The van der Waals surface area contributed by atoms with Crippen molar-refractivity contribution in [2.75, 3.05) is 11.9 Å². The molecule has 1 aromatic heterocycles. The summed E-state index contributed by atoms with van der Waals surface area (Å²) in [6.45, 7) is 5.66. The van der Waals surface area contributed by atoms with E-state index in [1.165, 1.54) is 0 Å². The Kier molecular flexibility index (Phi) is 5.06. The average molecular weight is 352 g/mol. The number of hydrogen-bond acceptors (Lipinski definition) is 4. The summed E-state index contributed by atoms with van der Waals surface area (Å²) in [5, 5.41) is 17.7. The predicted octanol–water partition coefficient (Wildman–Crippen LogP) is 2.46. The maximum atomic E-state index is 12.1. The van der Waals surface area contributed by atoms with Gasteiger partial charge < -0.3 is 16.2 Å². The molecule has 0 spiro atoms. The third kappa shape index (κ3) is 3.34. The van der Waals surface area contributed by atoms with Gasteiger partial charge in [0.1, 0.15) is 6.04 Å². The Balaban J connectivity index is 2.14. The van der Waals surface area contributed by atoms with Crippen LogP contribution >= 0.6 is 0 Å². The van der Waals surface area contributed by atoms with Gasteiger partial charge in [0.05, 0.1) is 23.5 Å². The number of aromatic nitrogens is 2. The van der Waals surface area contributed by atoms with Gasteiger partial charge in [-0.25, -0.2) is 4.68 Å². The molecule has 0 aliphatic heterocycles. The lowest BCUT2D eigenvalue weighted by molar-refractivity contribution is -0.118. The first kappa shape index (κ1) is 18.1. The fourth-order valence-electron chi connectivity index (χ4n) is 2.99. The minimum absolute atomic E-state index is 0.395. The van der Waals surface area contributed by atoms with Crippen LogP contribution in [0.5, 0.6) is 0 Å². The van der Waals surface area contributed by atoms with Gasteiger partial charge in [0.2, 0.25) is 5.91 Å². The zero-order chi connectivity index (χ0) is 18.8. The van der Waals surface area contributed by atoms with Crippen molar-refractivity contribution < 1.29 is 9.90 Å². The molecule has 2 aromatic carbocycles. The summed E-state index contributed by atoms with van der Waals surface area (Å²) in [6.07, 6.45) is 0.815. The fourth-order valence-corrected chi connectivity index (χ4v) is 2.99. The standard InChI is InChI=1S/C20H24N4O2/c1-4-17-15-9-13(3)18(22-20(26)16(21)11-25)10-19(15)24(23-17)14-7-5-6-12(2)8-14/h5-10,16,25H,4,11,21H2,1-3H3,(H,22,26)/t16-/m0/s1. The molecule has 0 unspecified atom stereocenters. The number of rotatable bonds is 5. The van der Waals surface area contributed by atoms with E-state index in [0.717, 1.165) is 39.8 Å². The van der Waals surface area contributed by atoms with Crippen molar-refractivity contribution >= 4 is 22.5 Å². The third-order valence-electron chi connectivity index (χ3n) is 4.47. The van der Waals surface area contributed by atoms with Gasteiger partial charge in [0, 0.05) is 11.1 Å². The number of nitrogens with two attached hydrogens (primary N) is 1. The molecule has 0 fully saturated rings. The molecule has 136 valence electrons. The predicted molar refractivity (Wildman–Crippen MR) is 104 cm³/mol. The highest BCUT2D eigenvalue weighted by Crippen LogP contribution is 2.29. The van der Waals surface area contributed by atoms with Crippen molar-refractivity contribution in [1.82, 2.24) is 9.78 Å². The molecule has 26 heavy (non-hydrogen) atoms. The van der Waals surface area contributed by atoms with E-state index in [0.29, 0.717) is 5.69 Å². The summed E-state index contributed by atoms with van der Waals surface area (Å²) in [4.78, 5) is 12.1. The summed E-state index contributed by atoms with van der Waals surface area (Å²) in [5.41, 5.74) is 11.3. The van der Waals surface area contributed by atoms with Crippen LogP contribution in [-0.2, 0) is 11.2 Å². The Labute approximate surface area is 152 Å². The molecule has 0 saturated carbocycles. The number of carbonyl (C=O) groups is 1. The lowest BCUT2D eigenvalue weighted by atomic mass is 10.1. The molecule has 1 amide bonds. The van der Waals surface area contributed by atoms with Gasteiger partial charge in [-0.2, -0.15) is 5.10 Å². The van der Waals surface area contributed by atoms with Crippen LogP contribution in [0.3, 0.4) is 0 Å². The molecule has 1 atom stereocenters. The topological polar surface area (TPSA) is 93.2 Å². The number of nitrogens with one attached hydrogen (secondary N) is 1. The van der Waals surface area contributed by atoms with Gasteiger partial charge in [-0.1, -0.05) is 19.1 Å². The second kappa shape index (κ2) is 7.27. The van der Waals surface area contributed by atoms with E-state index >= 15 is 0 Å². The van der Waals surface area contributed by atoms with Crippen LogP contribution in [0.1, 0.15) is 23.7 Å². The van der Waals surface area contributed by atoms with Crippen LogP contribution < -0.4 is 11.1 Å². The van der Waals surface area contributed by atoms with Crippen LogP contribution in [0.4, 0.5) is 5.69 Å². The Morgan fingerprint density at radius 3 is 2.73 bits per heavy atom. The second-order valence-electron chi connectivity index (χ2n) is 6.51. The number of aryl methyl sites for hydroxylation is 3. The Bertz CT molecular complexity index is 962. The Morgan fingerprint density at radius 2 is 2.08 bits per heavy atom. The summed E-state index contributed by atoms with van der Waals surface area (Å²) in [5.74, 6) is -0.410. The van der Waals surface area contributed by atoms with Gasteiger partial charge in [0.25, 0.3) is 0 Å². The lowest BCUT2D eigenvalue weighted by Gasteiger charge is -2.13. The van der Waals surface area contributed by atoms with Gasteiger partial charge in [-0.3, -0.25) is 4.79 Å². The van der Waals surface area contributed by atoms with E-state index in [1.807, 2.05) is 48.9 Å². The van der Waals surface area contributed by atoms with Crippen molar-refractivity contribution in [3.63, 3.8) is 0 Å². The Hall–Kier alpha value is -2.70. The number of carbonyl (C=O) groups excluding carboxylic acids is 1. The molecule has 4 N–H and O–H groups in total. The van der Waals surface area contributed by atoms with Crippen molar-refractivity contribution in [2.24, 2.45) is 5.73 Å². The van der Waals surface area contributed by atoms with Crippen molar-refractivity contribution in [3.8, 4) is 5.69 Å². The largest absolute Gasteiger partial charge is 0.394 e. The molecule has 3 aromatic rings. The smallest absolute Gasteiger partial charge is 0.243 e. The van der Waals surface area contributed by atoms with Crippen LogP contribution in [0.2, 0.25) is 0 Å². The molecule has 3 rings (SSSR count). The molecule has 0 aliphatic carbocycles. The van der Waals surface area contributed by atoms with Gasteiger partial charge in [-0.15, -0.1) is 0 Å². The zero-order valence-corrected chi connectivity index (χ0v) is 15.3. The highest BCUT2D eigenvalue weighted by atomic mass is 16.3. The number of aliphatic hydroxyl groups excluding tert-OH is 1. The summed E-state index contributed by atoms with van der Waals surface area (Å²) in [7, 11) is 0. The zero-order valence-electron chi connectivity index (χ0n) is 15.3. The number of amides is 1. The molecule has 1 heterocycles. The normalized spacial score (nSPS) is 12.3. The number of hydrogen-bond donors (Lipinski definition) is 3. The van der Waals surface area contributed by atoms with Gasteiger partial charge >= 0.3 is 0 Å². The van der Waals surface area contributed by atoms with Crippen LogP contribution in [0.15, 0.2) is 36.4 Å². The molecule has 6 heteroatoms. The number of nitrogens with zero attached hydrogens (tertiary/aromatic N) is 2. The molecular formula is C20H24N4O2. The monoisotopic (exact) mass is 352 g/mol. The van der Waals surface area contributed by atoms with Gasteiger partial charge in [0.15, 0.2) is 0 Å². The minimum Gasteiger partial charge on any atom is -0.394 e. The fraction of sp³-hybridized carbons (Fsp3) is 0.300. The highest BCUT2D eigenvalue weighted by molar-refractivity contribution is 5.98. The molecular weight excluding hydrogens is 328 g/mol. The first-order valence-electron chi connectivity index (χ1n) is 8.71. The molecule has 0 radical (unpaired) electrons. The number of benzene rings is 2. The average Bonchev–Trinajstić information content (AvgIpc) is 2.98. The van der Waals surface area contributed by atoms with Crippen molar-refractivity contribution in [1.29, 1.82) is 0 Å². The first-order valence-corrected chi connectivity index (χ1v) is 8.71. The summed E-state index contributed by atoms with van der Waals surface area (Å²) < 4.78 is 1.90. The van der Waals surface area contributed by atoms with E-state index in [1.54, 1.807) is 0 Å². The minimum atomic E-state index is -0.946. The van der Waals surface area contributed by atoms with E-state index in [-0.39, 0.29) is 0 Å². The summed E-state index contributed by atoms with van der Waals surface area (Å²) >= 11 is 0. The molecule has 6 nitrogen and oxygen atoms in total. The van der Waals surface area contributed by atoms with Crippen molar-refractivity contribution in [2.45, 2.75) is 33.2 Å². The van der Waals surface area contributed by atoms with Crippen LogP contribution in [0, 0.1) is 13.8 Å². The highest BCUT2D eigenvalue weighted by Gasteiger charge is 2.17. The van der Waals surface area contributed by atoms with Crippen molar-refractivity contribution in [3.05, 3.63) is 53.2 Å². The van der Waals surface area contributed by atoms with E-state index in [4.69, 9.17) is 15.9 Å². The van der Waals surface area contributed by atoms with E-state index in [2.05, 4.69) is 18.3 Å². The molecule has 0 saturated heterocycles. The van der Waals surface area contributed by atoms with Crippen LogP contribution in [-0.4, -0.2) is 33.4 Å². The second-order valence-corrected chi connectivity index (χ2v) is 6.51. The SMILES string of the molecule is CCc1nn(-c2cccc(C)c2)c2cc(NC(=O)[C@@H](N)CO)c(C)cc12. The third-order valence-corrected chi connectivity index (χ3v) is 4.47. The van der Waals surface area contributed by atoms with Gasteiger partial charge in [-0.05, 0) is 55.7 Å². The molecule has 0 bridgehead atoms. The first-order chi connectivity index (χ1) is 12.4. The maximum absolute atomic E-state index is 12.1. The maximum Gasteiger partial charge on any atom is 0.243 e. The lowest BCUT2D eigenvalue weighted by Crippen LogP contribution is -2.38. The van der Waals surface area contributed by atoms with E-state index < -0.39 is 18.6 Å². The number of anilines is 1. The summed E-state index contributed by atoms with van der Waals surface area (Å²) in [6, 6.07) is 11.1. The Morgan fingerprint density at radius 1 is 1.31 bits per heavy atom. The molecule has 0 aliphatic rings. The number of aliphatic hydroxyl groups is 1. The number of fused-ring (bicyclic) bond motifs is 1. The quantitative estimate of drug-likeness (QED) is 0.657. The van der Waals surface area contributed by atoms with Crippen LogP contribution in [0.25, 0.3) is 16.6 Å². The van der Waals surface area contributed by atoms with E-state index in [9.17, 15) is 4.79 Å².